The lowest BCUT2D eigenvalue weighted by Crippen LogP contribution is -2.42. The van der Waals surface area contributed by atoms with Gasteiger partial charge in [-0.05, 0) is 62.1 Å². The number of nitrogens with zero attached hydrogens (tertiary/aromatic N) is 1. The van der Waals surface area contributed by atoms with Crippen molar-refractivity contribution in [1.29, 1.82) is 0 Å². The molecule has 1 N–H and O–H groups in total. The van der Waals surface area contributed by atoms with Crippen molar-refractivity contribution in [2.24, 2.45) is 0 Å². The summed E-state index contributed by atoms with van der Waals surface area (Å²) < 4.78 is 43.7. The molecular weight excluding hydrogens is 381 g/mol. The van der Waals surface area contributed by atoms with E-state index in [1.807, 2.05) is 32.0 Å². The first-order valence-electron chi connectivity index (χ1n) is 9.65. The van der Waals surface area contributed by atoms with Gasteiger partial charge in [-0.3, -0.25) is 9.69 Å². The lowest BCUT2D eigenvalue weighted by atomic mass is 10.1. The lowest BCUT2D eigenvalue weighted by Gasteiger charge is -2.31. The van der Waals surface area contributed by atoms with Crippen molar-refractivity contribution in [3.8, 4) is 5.75 Å². The summed E-state index contributed by atoms with van der Waals surface area (Å²) >= 11 is 0. The number of anilines is 1. The van der Waals surface area contributed by atoms with E-state index < -0.39 is 11.7 Å². The van der Waals surface area contributed by atoms with Crippen molar-refractivity contribution in [1.82, 2.24) is 4.90 Å². The maximum absolute atomic E-state index is 12.6. The van der Waals surface area contributed by atoms with E-state index in [1.165, 1.54) is 12.1 Å². The first-order valence-corrected chi connectivity index (χ1v) is 9.65. The van der Waals surface area contributed by atoms with Gasteiger partial charge in [0.2, 0.25) is 5.91 Å². The highest BCUT2D eigenvalue weighted by Crippen LogP contribution is 2.31. The van der Waals surface area contributed by atoms with Gasteiger partial charge in [-0.25, -0.2) is 0 Å². The Balaban J connectivity index is 1.46. The number of aryl methyl sites for hydroxylation is 2. The van der Waals surface area contributed by atoms with E-state index in [2.05, 4.69) is 10.2 Å². The normalized spacial score (nSPS) is 15.9. The number of hydrogen-bond acceptors (Lipinski definition) is 3. The summed E-state index contributed by atoms with van der Waals surface area (Å²) in [4.78, 5) is 14.5. The topological polar surface area (TPSA) is 41.6 Å². The van der Waals surface area contributed by atoms with Gasteiger partial charge in [0.15, 0.2) is 0 Å². The molecule has 4 nitrogen and oxygen atoms in total. The number of rotatable bonds is 5. The van der Waals surface area contributed by atoms with E-state index in [0.29, 0.717) is 25.4 Å². The SMILES string of the molecule is Cc1cccc(C)c1NC(=O)CN1CCC(Oc2ccc(C(F)(F)F)cc2)CC1. The third-order valence-electron chi connectivity index (χ3n) is 5.13. The first kappa shape index (κ1) is 21.2. The summed E-state index contributed by atoms with van der Waals surface area (Å²) in [5, 5.41) is 2.99. The molecule has 0 spiro atoms. The van der Waals surface area contributed by atoms with Gasteiger partial charge in [0.05, 0.1) is 12.1 Å². The van der Waals surface area contributed by atoms with Crippen LogP contribution in [0.25, 0.3) is 0 Å². The predicted molar refractivity (Wildman–Crippen MR) is 106 cm³/mol. The minimum absolute atomic E-state index is 0.0514. The number of carbonyl (C=O) groups is 1. The van der Waals surface area contributed by atoms with E-state index in [9.17, 15) is 18.0 Å². The van der Waals surface area contributed by atoms with E-state index in [4.69, 9.17) is 4.74 Å². The van der Waals surface area contributed by atoms with Crippen LogP contribution in [0.1, 0.15) is 29.5 Å². The fourth-order valence-electron chi connectivity index (χ4n) is 3.49. The van der Waals surface area contributed by atoms with Crippen LogP contribution in [-0.2, 0) is 11.0 Å². The van der Waals surface area contributed by atoms with Gasteiger partial charge in [0.1, 0.15) is 11.9 Å². The van der Waals surface area contributed by atoms with Crippen molar-refractivity contribution in [2.75, 3.05) is 25.0 Å². The Kier molecular flexibility index (Phi) is 6.47. The minimum atomic E-state index is -4.35. The van der Waals surface area contributed by atoms with Crippen LogP contribution in [0.2, 0.25) is 0 Å². The van der Waals surface area contributed by atoms with E-state index in [-0.39, 0.29) is 12.0 Å². The van der Waals surface area contributed by atoms with E-state index in [1.54, 1.807) is 0 Å². The molecule has 3 rings (SSSR count). The van der Waals surface area contributed by atoms with Crippen LogP contribution in [-0.4, -0.2) is 36.5 Å². The molecule has 1 fully saturated rings. The zero-order valence-corrected chi connectivity index (χ0v) is 16.6. The molecule has 0 aromatic heterocycles. The Bertz CT molecular complexity index is 822. The zero-order chi connectivity index (χ0) is 21.0. The second kappa shape index (κ2) is 8.86. The van der Waals surface area contributed by atoms with E-state index >= 15 is 0 Å². The molecule has 1 saturated heterocycles. The van der Waals surface area contributed by atoms with Crippen LogP contribution >= 0.6 is 0 Å². The van der Waals surface area contributed by atoms with Gasteiger partial charge in [0, 0.05) is 18.8 Å². The highest BCUT2D eigenvalue weighted by atomic mass is 19.4. The summed E-state index contributed by atoms with van der Waals surface area (Å²) in [5.41, 5.74) is 2.23. The number of piperidine rings is 1. The molecule has 0 saturated carbocycles. The number of amides is 1. The second-order valence-electron chi connectivity index (χ2n) is 7.43. The van der Waals surface area contributed by atoms with Crippen molar-refractivity contribution < 1.29 is 22.7 Å². The van der Waals surface area contributed by atoms with E-state index in [0.717, 1.165) is 41.8 Å². The number of para-hydroxylation sites is 1. The Morgan fingerprint density at radius 2 is 1.66 bits per heavy atom. The first-order chi connectivity index (χ1) is 13.7. The maximum Gasteiger partial charge on any atom is 0.416 e. The summed E-state index contributed by atoms with van der Waals surface area (Å²) in [6.07, 6.45) is -2.97. The van der Waals surface area contributed by atoms with Crippen LogP contribution in [0, 0.1) is 13.8 Å². The molecule has 0 atom stereocenters. The number of likely N-dealkylation sites (tertiary alicyclic amines) is 1. The molecule has 0 bridgehead atoms. The molecule has 156 valence electrons. The number of benzene rings is 2. The monoisotopic (exact) mass is 406 g/mol. The van der Waals surface area contributed by atoms with Gasteiger partial charge in [-0.15, -0.1) is 0 Å². The van der Waals surface area contributed by atoms with Crippen molar-refractivity contribution in [2.45, 2.75) is 39.0 Å². The fraction of sp³-hybridized carbons (Fsp3) is 0.409. The number of carbonyl (C=O) groups excluding carboxylic acids is 1. The van der Waals surface area contributed by atoms with Gasteiger partial charge >= 0.3 is 6.18 Å². The Hall–Kier alpha value is -2.54. The molecule has 1 amide bonds. The third-order valence-corrected chi connectivity index (χ3v) is 5.13. The van der Waals surface area contributed by atoms with Crippen LogP contribution in [0.3, 0.4) is 0 Å². The fourth-order valence-corrected chi connectivity index (χ4v) is 3.49. The molecule has 1 heterocycles. The molecule has 2 aromatic carbocycles. The summed E-state index contributed by atoms with van der Waals surface area (Å²) in [5.74, 6) is 0.383. The number of ether oxygens (including phenoxy) is 1. The summed E-state index contributed by atoms with van der Waals surface area (Å²) in [6.45, 7) is 5.64. The second-order valence-corrected chi connectivity index (χ2v) is 7.43. The molecular formula is C22H25F3N2O2. The molecule has 7 heteroatoms. The largest absolute Gasteiger partial charge is 0.490 e. The van der Waals surface area contributed by atoms with Crippen LogP contribution < -0.4 is 10.1 Å². The molecule has 0 radical (unpaired) electrons. The molecule has 2 aromatic rings. The molecule has 0 aliphatic carbocycles. The lowest BCUT2D eigenvalue weighted by molar-refractivity contribution is -0.137. The van der Waals surface area contributed by atoms with Crippen LogP contribution in [0.15, 0.2) is 42.5 Å². The Morgan fingerprint density at radius 3 is 2.21 bits per heavy atom. The van der Waals surface area contributed by atoms with Gasteiger partial charge in [-0.1, -0.05) is 18.2 Å². The number of hydrogen-bond donors (Lipinski definition) is 1. The highest BCUT2D eigenvalue weighted by molar-refractivity contribution is 5.93. The van der Waals surface area contributed by atoms with Crippen LogP contribution in [0.5, 0.6) is 5.75 Å². The maximum atomic E-state index is 12.6. The molecule has 1 aliphatic heterocycles. The standard InChI is InChI=1S/C22H25F3N2O2/c1-15-4-3-5-16(2)21(15)26-20(28)14-27-12-10-19(11-13-27)29-18-8-6-17(7-9-18)22(23,24)25/h3-9,19H,10-14H2,1-2H3,(H,26,28). The predicted octanol–water partition coefficient (Wildman–Crippen LogP) is 4.80. The molecule has 1 aliphatic rings. The van der Waals surface area contributed by atoms with Crippen molar-refractivity contribution in [3.05, 3.63) is 59.2 Å². The zero-order valence-electron chi connectivity index (χ0n) is 16.6. The van der Waals surface area contributed by atoms with Crippen LogP contribution in [0.4, 0.5) is 18.9 Å². The highest BCUT2D eigenvalue weighted by Gasteiger charge is 2.30. The van der Waals surface area contributed by atoms with Crippen molar-refractivity contribution >= 4 is 11.6 Å². The summed E-state index contributed by atoms with van der Waals surface area (Å²) in [7, 11) is 0. The molecule has 29 heavy (non-hydrogen) atoms. The molecule has 0 unspecified atom stereocenters. The average Bonchev–Trinajstić information content (AvgIpc) is 2.66. The Labute approximate surface area is 168 Å². The average molecular weight is 406 g/mol. The van der Waals surface area contributed by atoms with Gasteiger partial charge in [0.25, 0.3) is 0 Å². The number of nitrogens with one attached hydrogen (secondary N) is 1. The number of alkyl halides is 3. The van der Waals surface area contributed by atoms with Crippen molar-refractivity contribution in [3.63, 3.8) is 0 Å². The summed E-state index contributed by atoms with van der Waals surface area (Å²) in [6, 6.07) is 10.7. The van der Waals surface area contributed by atoms with Gasteiger partial charge in [-0.2, -0.15) is 13.2 Å². The third kappa shape index (κ3) is 5.73. The minimum Gasteiger partial charge on any atom is -0.490 e. The quantitative estimate of drug-likeness (QED) is 0.775. The smallest absolute Gasteiger partial charge is 0.416 e. The van der Waals surface area contributed by atoms with Gasteiger partial charge < -0.3 is 10.1 Å². The number of halogens is 3. The Morgan fingerprint density at radius 1 is 1.07 bits per heavy atom.